The summed E-state index contributed by atoms with van der Waals surface area (Å²) in [7, 11) is 4.84. The summed E-state index contributed by atoms with van der Waals surface area (Å²) in [6.45, 7) is 7.21. The Kier molecular flexibility index (Phi) is 13.9. The first-order chi connectivity index (χ1) is 31.1. The fourth-order valence-corrected chi connectivity index (χ4v) is 8.89. The Morgan fingerprint density at radius 1 is 0.938 bits per heavy atom. The molecule has 0 aliphatic carbocycles. The minimum Gasteiger partial charge on any atom is -0.549 e. The number of thiophene rings is 1. The van der Waals surface area contributed by atoms with Crippen LogP contribution in [-0.2, 0) is 17.8 Å². The first-order valence-electron chi connectivity index (χ1n) is 20.6. The molecule has 13 nitrogen and oxygen atoms in total. The third-order valence-electron chi connectivity index (χ3n) is 11.0. The van der Waals surface area contributed by atoms with Gasteiger partial charge in [-0.2, -0.15) is 0 Å². The van der Waals surface area contributed by atoms with Crippen molar-refractivity contribution in [2.24, 2.45) is 0 Å². The minimum atomic E-state index is -1.13. The van der Waals surface area contributed by atoms with E-state index in [1.807, 2.05) is 19.1 Å². The zero-order valence-electron chi connectivity index (χ0n) is 35.3. The van der Waals surface area contributed by atoms with Crippen LogP contribution in [0.4, 0.5) is 4.39 Å². The second-order valence-corrected chi connectivity index (χ2v) is 16.6. The van der Waals surface area contributed by atoms with Gasteiger partial charge in [-0.1, -0.05) is 54.1 Å². The zero-order valence-corrected chi connectivity index (χ0v) is 36.9. The number of aliphatic carboxylic acids is 1. The summed E-state index contributed by atoms with van der Waals surface area (Å²) in [4.78, 5) is 36.9. The molecule has 8 rings (SSSR count). The highest BCUT2D eigenvalue weighted by atomic mass is 35.5. The molecule has 17 heteroatoms. The lowest BCUT2D eigenvalue weighted by Gasteiger charge is -2.32. The molecule has 1 aliphatic rings. The van der Waals surface area contributed by atoms with Crippen LogP contribution in [-0.4, -0.2) is 107 Å². The van der Waals surface area contributed by atoms with E-state index in [1.165, 1.54) is 50.5 Å². The van der Waals surface area contributed by atoms with Gasteiger partial charge in [-0.05, 0) is 85.1 Å². The number of benzene rings is 4. The van der Waals surface area contributed by atoms with Crippen LogP contribution in [0, 0.1) is 12.7 Å². The summed E-state index contributed by atoms with van der Waals surface area (Å²) in [5.74, 6) is -0.898. The molecule has 0 saturated carbocycles. The molecule has 4 aromatic carbocycles. The number of halogens is 2. The summed E-state index contributed by atoms with van der Waals surface area (Å²) in [5, 5.41) is 21.8. The number of aromatic hydroxyl groups is 1. The first kappa shape index (κ1) is 44.3. The third-order valence-corrected chi connectivity index (χ3v) is 12.7. The van der Waals surface area contributed by atoms with Gasteiger partial charge in [0.1, 0.15) is 41.7 Å². The number of ether oxygens (including phenoxy) is 3. The van der Waals surface area contributed by atoms with Crippen LogP contribution in [0.5, 0.6) is 28.9 Å². The maximum atomic E-state index is 14.2. The van der Waals surface area contributed by atoms with E-state index >= 15 is 0 Å². The van der Waals surface area contributed by atoms with Crippen molar-refractivity contribution in [3.05, 3.63) is 125 Å². The molecule has 0 spiro atoms. The molecule has 0 bridgehead atoms. The van der Waals surface area contributed by atoms with Gasteiger partial charge in [0.15, 0.2) is 17.3 Å². The van der Waals surface area contributed by atoms with E-state index < -0.39 is 11.8 Å². The van der Waals surface area contributed by atoms with Gasteiger partial charge in [-0.25, -0.2) is 24.3 Å². The highest BCUT2D eigenvalue weighted by Gasteiger charge is 2.28. The van der Waals surface area contributed by atoms with Gasteiger partial charge in [-0.15, -0.1) is 11.3 Å². The summed E-state index contributed by atoms with van der Waals surface area (Å²) < 4.78 is 38.2. The number of hydrogen-bond acceptors (Lipinski definition) is 13. The van der Waals surface area contributed by atoms with Crippen molar-refractivity contribution >= 4 is 46.6 Å². The number of piperazine rings is 1. The Hall–Kier alpha value is -6.33. The molecule has 3 aromatic heterocycles. The van der Waals surface area contributed by atoms with Gasteiger partial charge in [-0.3, -0.25) is 9.69 Å². The quantitative estimate of drug-likeness (QED) is 0.0840. The molecule has 1 unspecified atom stereocenters. The topological polar surface area (TPSA) is 152 Å². The highest BCUT2D eigenvalue weighted by molar-refractivity contribution is 7.22. The normalized spacial score (nSPS) is 13.7. The summed E-state index contributed by atoms with van der Waals surface area (Å²) in [6.07, 6.45) is 2.98. The van der Waals surface area contributed by atoms with Crippen molar-refractivity contribution in [3.8, 4) is 61.8 Å². The highest BCUT2D eigenvalue weighted by Crippen LogP contribution is 2.49. The predicted molar refractivity (Wildman–Crippen MR) is 245 cm³/mol. The van der Waals surface area contributed by atoms with Crippen molar-refractivity contribution in [1.82, 2.24) is 29.7 Å². The van der Waals surface area contributed by atoms with Crippen LogP contribution in [0.3, 0.4) is 0 Å². The largest absolute Gasteiger partial charge is 0.549 e. The first-order valence-corrected chi connectivity index (χ1v) is 21.8. The molecule has 0 amide bonds. The summed E-state index contributed by atoms with van der Waals surface area (Å²) in [5.41, 5.74) is 4.65. The van der Waals surface area contributed by atoms with Gasteiger partial charge in [0.25, 0.3) is 0 Å². The van der Waals surface area contributed by atoms with E-state index in [2.05, 4.69) is 36.8 Å². The van der Waals surface area contributed by atoms with Crippen LogP contribution < -0.4 is 18.9 Å². The maximum absolute atomic E-state index is 14.2. The number of phenols is 1. The summed E-state index contributed by atoms with van der Waals surface area (Å²) in [6, 6.07) is 23.8. The van der Waals surface area contributed by atoms with Crippen molar-refractivity contribution in [2.75, 3.05) is 53.5 Å². The van der Waals surface area contributed by atoms with Crippen LogP contribution in [0.2, 0.25) is 10.8 Å². The molecule has 1 fully saturated rings. The number of nitrogens with zero attached hydrogens (tertiary/aromatic N) is 6. The van der Waals surface area contributed by atoms with Crippen molar-refractivity contribution in [2.45, 2.75) is 25.8 Å². The van der Waals surface area contributed by atoms with Gasteiger partial charge in [0, 0.05) is 49.4 Å². The van der Waals surface area contributed by atoms with Crippen LogP contribution >= 0.6 is 22.9 Å². The van der Waals surface area contributed by atoms with Crippen molar-refractivity contribution in [3.63, 3.8) is 0 Å². The number of aromatic nitrogens is 4. The van der Waals surface area contributed by atoms with E-state index in [4.69, 9.17) is 30.5 Å². The second-order valence-electron chi connectivity index (χ2n) is 15.2. The lowest BCUT2D eigenvalue weighted by Crippen LogP contribution is -2.45. The zero-order chi connectivity index (χ0) is 44.7. The van der Waals surface area contributed by atoms with Gasteiger partial charge < -0.3 is 34.0 Å². The molecule has 327 valence electrons. The maximum Gasteiger partial charge on any atom is 0.387 e. The van der Waals surface area contributed by atoms with Crippen molar-refractivity contribution in [1.29, 1.82) is 0 Å². The van der Waals surface area contributed by atoms with E-state index in [0.717, 1.165) is 54.3 Å². The fourth-order valence-electron chi connectivity index (χ4n) is 7.52. The van der Waals surface area contributed by atoms with Crippen LogP contribution in [0.1, 0.15) is 16.8 Å². The molecule has 1 saturated heterocycles. The van der Waals surface area contributed by atoms with Crippen LogP contribution in [0.15, 0.2) is 97.5 Å². The number of carbonyl (C=O) groups is 1. The number of fused-ring (bicyclic) bond motifs is 1. The number of phenolic OH excluding ortho intramolecular Hbond substituents is 1. The summed E-state index contributed by atoms with van der Waals surface area (Å²) >= 11 is 8.43. The predicted octanol–water partition coefficient (Wildman–Crippen LogP) is 8.62. The second kappa shape index (κ2) is 20.0. The van der Waals surface area contributed by atoms with Gasteiger partial charge >= 0.3 is 13.5 Å². The number of methoxy groups -OCH3 is 1. The standard InChI is InChI=1S/C47H44BClFN6O7S/c1-28-33(15-16-38(41(28)49)61-24-23-56-21-19-55(2)20-22-56)39-40-45(52-27-53-46(40)64-43(39)29-11-13-31(50)14-12-29)63-48-35(47(58)59)25-30-7-4-5-10-37(30)62-26-32-17-18-51-44(54-32)34-8-6-9-36(57)42(34)60-3/h4-18,27,35,57H,19-26H2,1-3H3,(H,58,59). The molecular weight excluding hydrogens is 858 g/mol. The molecule has 64 heavy (non-hydrogen) atoms. The number of carboxylic acids is 1. The van der Waals surface area contributed by atoms with E-state index in [-0.39, 0.29) is 36.2 Å². The molecule has 1 aliphatic heterocycles. The van der Waals surface area contributed by atoms with E-state index in [9.17, 15) is 19.4 Å². The van der Waals surface area contributed by atoms with E-state index in [0.29, 0.717) is 61.6 Å². The Morgan fingerprint density at radius 2 is 1.73 bits per heavy atom. The number of likely N-dealkylation sites (N-methyl/N-ethyl adjacent to an activating group) is 1. The molecular formula is C47H44BClFN6O7S. The monoisotopic (exact) mass is 901 g/mol. The number of rotatable bonds is 17. The smallest absolute Gasteiger partial charge is 0.387 e. The Labute approximate surface area is 379 Å². The van der Waals surface area contributed by atoms with Gasteiger partial charge in [0.2, 0.25) is 5.88 Å². The number of carboxylic acid groups (broad SMARTS) is 1. The molecule has 1 atom stereocenters. The lowest BCUT2D eigenvalue weighted by molar-refractivity contribution is -0.137. The van der Waals surface area contributed by atoms with E-state index in [1.54, 1.807) is 60.8 Å². The molecule has 7 aromatic rings. The molecule has 2 N–H and O–H groups in total. The number of para-hydroxylation sites is 2. The van der Waals surface area contributed by atoms with Crippen LogP contribution in [0.25, 0.3) is 43.2 Å². The lowest BCUT2D eigenvalue weighted by atomic mass is 9.75. The Balaban J connectivity index is 1.04. The number of hydrogen-bond donors (Lipinski definition) is 2. The molecule has 4 heterocycles. The average molecular weight is 902 g/mol. The molecule has 1 radical (unpaired) electrons. The Bertz CT molecular complexity index is 2770. The third kappa shape index (κ3) is 9.90. The van der Waals surface area contributed by atoms with Gasteiger partial charge in [0.05, 0.1) is 34.6 Å². The average Bonchev–Trinajstić information content (AvgIpc) is 3.69. The Morgan fingerprint density at radius 3 is 2.52 bits per heavy atom. The fraction of sp³-hybridized carbons (Fsp3) is 0.255. The minimum absolute atomic E-state index is 0.0254. The van der Waals surface area contributed by atoms with Crippen molar-refractivity contribution < 1.29 is 38.3 Å². The SMILES string of the molecule is COc1c(O)cccc1-c1nccc(COc2ccccc2CC([B]Oc2ncnc3sc(-c4ccc(F)cc4)c(-c4ccc(OCCN5CCN(C)CC5)c(Cl)c4C)c23)C(=O)O)n1.